The van der Waals surface area contributed by atoms with E-state index in [2.05, 4.69) is 0 Å². The summed E-state index contributed by atoms with van der Waals surface area (Å²) in [5.41, 5.74) is 6.89. The van der Waals surface area contributed by atoms with Gasteiger partial charge in [0, 0.05) is 37.4 Å². The molecule has 6 nitrogen and oxygen atoms in total. The zero-order valence-corrected chi connectivity index (χ0v) is 12.6. The molecule has 1 aliphatic heterocycles. The summed E-state index contributed by atoms with van der Waals surface area (Å²) in [5.74, 6) is 0.0815. The molecular weight excluding hydrogens is 268 g/mol. The van der Waals surface area contributed by atoms with Crippen molar-refractivity contribution < 1.29 is 9.59 Å². The molecule has 1 aromatic carbocycles. The average molecular weight is 290 g/mol. The van der Waals surface area contributed by atoms with Gasteiger partial charge < -0.3 is 20.4 Å². The van der Waals surface area contributed by atoms with E-state index >= 15 is 0 Å². The second kappa shape index (κ2) is 6.58. The Morgan fingerprint density at radius 3 is 2.33 bits per heavy atom. The Kier molecular flexibility index (Phi) is 4.80. The van der Waals surface area contributed by atoms with Gasteiger partial charge in [-0.3, -0.25) is 9.59 Å². The van der Waals surface area contributed by atoms with E-state index in [1.54, 1.807) is 29.2 Å². The molecule has 1 heterocycles. The van der Waals surface area contributed by atoms with Gasteiger partial charge in [-0.2, -0.15) is 0 Å². The maximum atomic E-state index is 12.4. The Labute approximate surface area is 125 Å². The minimum Gasteiger partial charge on any atom is -0.399 e. The summed E-state index contributed by atoms with van der Waals surface area (Å²) in [6, 6.07) is 6.99. The van der Waals surface area contributed by atoms with Crippen LogP contribution in [0.4, 0.5) is 5.69 Å². The van der Waals surface area contributed by atoms with E-state index in [4.69, 9.17) is 5.73 Å². The number of hydrogen-bond donors (Lipinski definition) is 1. The molecule has 0 spiro atoms. The van der Waals surface area contributed by atoms with Crippen molar-refractivity contribution in [2.45, 2.75) is 0 Å². The molecule has 1 fully saturated rings. The fraction of sp³-hybridized carbons (Fsp3) is 0.467. The van der Waals surface area contributed by atoms with Crippen LogP contribution in [0.15, 0.2) is 24.3 Å². The first-order chi connectivity index (χ1) is 9.97. The third-order valence-corrected chi connectivity index (χ3v) is 3.50. The van der Waals surface area contributed by atoms with E-state index in [1.165, 1.54) is 0 Å². The van der Waals surface area contributed by atoms with E-state index in [0.29, 0.717) is 44.0 Å². The molecule has 1 aliphatic rings. The molecule has 0 aromatic heterocycles. The van der Waals surface area contributed by atoms with E-state index in [0.717, 1.165) is 0 Å². The number of nitrogen functional groups attached to an aromatic ring is 1. The molecule has 2 rings (SSSR count). The Morgan fingerprint density at radius 2 is 1.76 bits per heavy atom. The number of nitrogens with zero attached hydrogens (tertiary/aromatic N) is 3. The van der Waals surface area contributed by atoms with Crippen LogP contribution in [0.1, 0.15) is 10.4 Å². The molecule has 0 saturated carbocycles. The Bertz CT molecular complexity index is 522. The van der Waals surface area contributed by atoms with Crippen LogP contribution in [-0.2, 0) is 4.79 Å². The molecule has 1 aromatic rings. The molecule has 1 saturated heterocycles. The molecule has 0 atom stereocenters. The Hall–Kier alpha value is -2.08. The minimum absolute atomic E-state index is 0.0259. The van der Waals surface area contributed by atoms with Crippen molar-refractivity contribution in [3.05, 3.63) is 29.8 Å². The van der Waals surface area contributed by atoms with Crippen LogP contribution in [0.25, 0.3) is 0 Å². The zero-order chi connectivity index (χ0) is 15.4. The van der Waals surface area contributed by atoms with Crippen LogP contribution < -0.4 is 5.73 Å². The van der Waals surface area contributed by atoms with Gasteiger partial charge in [0.25, 0.3) is 5.91 Å². The van der Waals surface area contributed by atoms with Crippen LogP contribution in [0.2, 0.25) is 0 Å². The van der Waals surface area contributed by atoms with Crippen LogP contribution in [0, 0.1) is 0 Å². The highest BCUT2D eigenvalue weighted by Crippen LogP contribution is 2.12. The number of amides is 2. The maximum absolute atomic E-state index is 12.4. The summed E-state index contributed by atoms with van der Waals surface area (Å²) < 4.78 is 0. The van der Waals surface area contributed by atoms with Gasteiger partial charge in [-0.05, 0) is 32.3 Å². The lowest BCUT2D eigenvalue weighted by molar-refractivity contribution is -0.133. The fourth-order valence-corrected chi connectivity index (χ4v) is 2.38. The van der Waals surface area contributed by atoms with E-state index in [9.17, 15) is 9.59 Å². The molecule has 0 radical (unpaired) electrons. The first kappa shape index (κ1) is 15.3. The summed E-state index contributed by atoms with van der Waals surface area (Å²) >= 11 is 0. The second-order valence-electron chi connectivity index (χ2n) is 5.54. The lowest BCUT2D eigenvalue weighted by Crippen LogP contribution is -2.52. The Morgan fingerprint density at radius 1 is 1.14 bits per heavy atom. The number of likely N-dealkylation sites (N-methyl/N-ethyl adjacent to an activating group) is 1. The highest BCUT2D eigenvalue weighted by atomic mass is 16.2. The van der Waals surface area contributed by atoms with Gasteiger partial charge in [0.2, 0.25) is 5.91 Å². The van der Waals surface area contributed by atoms with E-state index in [1.807, 2.05) is 23.9 Å². The number of piperazine rings is 1. The van der Waals surface area contributed by atoms with Gasteiger partial charge >= 0.3 is 0 Å². The highest BCUT2D eigenvalue weighted by Gasteiger charge is 2.24. The number of hydrogen-bond acceptors (Lipinski definition) is 4. The summed E-state index contributed by atoms with van der Waals surface area (Å²) in [6.45, 7) is 2.70. The van der Waals surface area contributed by atoms with Crippen molar-refractivity contribution in [3.8, 4) is 0 Å². The van der Waals surface area contributed by atoms with Crippen molar-refractivity contribution in [3.63, 3.8) is 0 Å². The highest BCUT2D eigenvalue weighted by molar-refractivity contribution is 5.95. The van der Waals surface area contributed by atoms with Gasteiger partial charge in [-0.25, -0.2) is 0 Å². The smallest absolute Gasteiger partial charge is 0.254 e. The molecule has 6 heteroatoms. The summed E-state index contributed by atoms with van der Waals surface area (Å²) in [7, 11) is 3.75. The predicted molar refractivity (Wildman–Crippen MR) is 81.9 cm³/mol. The lowest BCUT2D eigenvalue weighted by Gasteiger charge is -2.35. The molecule has 2 amide bonds. The third kappa shape index (κ3) is 3.95. The number of rotatable bonds is 3. The molecule has 21 heavy (non-hydrogen) atoms. The summed E-state index contributed by atoms with van der Waals surface area (Å²) in [4.78, 5) is 29.8. The molecular formula is C15H22N4O2. The number of benzene rings is 1. The first-order valence-electron chi connectivity index (χ1n) is 7.04. The minimum atomic E-state index is -0.0259. The topological polar surface area (TPSA) is 69.9 Å². The van der Waals surface area contributed by atoms with Crippen molar-refractivity contribution in [1.29, 1.82) is 0 Å². The average Bonchev–Trinajstić information content (AvgIpc) is 2.46. The van der Waals surface area contributed by atoms with Crippen molar-refractivity contribution in [2.75, 3.05) is 52.6 Å². The van der Waals surface area contributed by atoms with E-state index < -0.39 is 0 Å². The number of nitrogens with two attached hydrogens (primary N) is 1. The predicted octanol–water partition coefficient (Wildman–Crippen LogP) is 0.115. The second-order valence-corrected chi connectivity index (χ2v) is 5.54. The monoisotopic (exact) mass is 290 g/mol. The van der Waals surface area contributed by atoms with Gasteiger partial charge in [0.05, 0.1) is 6.54 Å². The number of carbonyl (C=O) groups is 2. The van der Waals surface area contributed by atoms with Crippen LogP contribution in [0.3, 0.4) is 0 Å². The molecule has 2 N–H and O–H groups in total. The van der Waals surface area contributed by atoms with Gasteiger partial charge in [0.1, 0.15) is 0 Å². The normalized spacial score (nSPS) is 15.4. The number of anilines is 1. The van der Waals surface area contributed by atoms with Gasteiger partial charge in [-0.1, -0.05) is 6.07 Å². The zero-order valence-electron chi connectivity index (χ0n) is 12.6. The summed E-state index contributed by atoms with van der Waals surface area (Å²) in [5, 5.41) is 0. The lowest BCUT2D eigenvalue weighted by atomic mass is 10.1. The molecule has 0 unspecified atom stereocenters. The van der Waals surface area contributed by atoms with Crippen LogP contribution in [0.5, 0.6) is 0 Å². The molecule has 114 valence electrons. The SMILES string of the molecule is CN(C)CC(=O)N1CCN(C(=O)c2cccc(N)c2)CC1. The van der Waals surface area contributed by atoms with Crippen molar-refractivity contribution >= 4 is 17.5 Å². The Balaban J connectivity index is 1.92. The standard InChI is InChI=1S/C15H22N4O2/c1-17(2)11-14(20)18-6-8-19(9-7-18)15(21)12-4-3-5-13(16)10-12/h3-5,10H,6-9,11,16H2,1-2H3. The van der Waals surface area contributed by atoms with Crippen LogP contribution >= 0.6 is 0 Å². The first-order valence-corrected chi connectivity index (χ1v) is 7.04. The van der Waals surface area contributed by atoms with Gasteiger partial charge in [-0.15, -0.1) is 0 Å². The quantitative estimate of drug-likeness (QED) is 0.803. The fourth-order valence-electron chi connectivity index (χ4n) is 2.38. The van der Waals surface area contributed by atoms with Gasteiger partial charge in [0.15, 0.2) is 0 Å². The van der Waals surface area contributed by atoms with Crippen molar-refractivity contribution in [1.82, 2.24) is 14.7 Å². The summed E-state index contributed by atoms with van der Waals surface area (Å²) in [6.07, 6.45) is 0. The molecule has 0 bridgehead atoms. The third-order valence-electron chi connectivity index (χ3n) is 3.50. The van der Waals surface area contributed by atoms with Crippen LogP contribution in [-0.4, -0.2) is 73.3 Å². The van der Waals surface area contributed by atoms with Crippen molar-refractivity contribution in [2.24, 2.45) is 0 Å². The largest absolute Gasteiger partial charge is 0.399 e. The maximum Gasteiger partial charge on any atom is 0.254 e. The molecule has 0 aliphatic carbocycles. The number of carbonyl (C=O) groups excluding carboxylic acids is 2. The van der Waals surface area contributed by atoms with E-state index in [-0.39, 0.29) is 11.8 Å².